The Kier molecular flexibility index (Phi) is 6.78. The van der Waals surface area contributed by atoms with Crippen LogP contribution in [0.25, 0.3) is 0 Å². The van der Waals surface area contributed by atoms with E-state index >= 15 is 0 Å². The van der Waals surface area contributed by atoms with Crippen molar-refractivity contribution in [2.75, 3.05) is 17.6 Å². The van der Waals surface area contributed by atoms with E-state index in [-0.39, 0.29) is 0 Å². The summed E-state index contributed by atoms with van der Waals surface area (Å²) < 4.78 is 0. The molecule has 0 radical (unpaired) electrons. The van der Waals surface area contributed by atoms with Crippen LogP contribution in [-0.2, 0) is 0 Å². The number of hydrogen-bond acceptors (Lipinski definition) is 3. The molecule has 0 saturated heterocycles. The second-order valence-corrected chi connectivity index (χ2v) is 4.72. The minimum absolute atomic E-state index is 0.576. The van der Waals surface area contributed by atoms with Gasteiger partial charge in [-0.25, -0.2) is 4.98 Å². The molecule has 1 rings (SSSR count). The first-order chi connectivity index (χ1) is 8.24. The number of unbranched alkanes of at least 4 members (excludes halogenated alkanes) is 5. The molecule has 0 aliphatic rings. The summed E-state index contributed by atoms with van der Waals surface area (Å²) in [6.07, 6.45) is 9.34. The first kappa shape index (κ1) is 14.1. The van der Waals surface area contributed by atoms with Gasteiger partial charge in [-0.2, -0.15) is 0 Å². The molecule has 1 aromatic rings. The summed E-state index contributed by atoms with van der Waals surface area (Å²) in [5.41, 5.74) is 6.41. The molecule has 0 saturated carbocycles. The Morgan fingerprint density at radius 1 is 1.24 bits per heavy atom. The van der Waals surface area contributed by atoms with Crippen molar-refractivity contribution in [3.05, 3.63) is 17.3 Å². The lowest BCUT2D eigenvalue weighted by atomic mass is 10.1. The maximum atomic E-state index is 5.79. The smallest absolute Gasteiger partial charge is 0.149 e. The number of nitrogens with zero attached hydrogens (tertiary/aromatic N) is 1. The molecule has 0 aliphatic carbocycles. The molecule has 1 heterocycles. The predicted molar refractivity (Wildman–Crippen MR) is 75.5 cm³/mol. The van der Waals surface area contributed by atoms with Crippen molar-refractivity contribution in [1.29, 1.82) is 0 Å². The Balaban J connectivity index is 2.14. The van der Waals surface area contributed by atoms with Gasteiger partial charge in [-0.15, -0.1) is 0 Å². The molecule has 17 heavy (non-hydrogen) atoms. The lowest BCUT2D eigenvalue weighted by Gasteiger charge is -2.08. The third-order valence-electron chi connectivity index (χ3n) is 2.71. The molecule has 0 bridgehead atoms. The van der Waals surface area contributed by atoms with Crippen molar-refractivity contribution in [3.8, 4) is 0 Å². The third kappa shape index (κ3) is 5.78. The summed E-state index contributed by atoms with van der Waals surface area (Å²) in [4.78, 5) is 4.16. The molecule has 3 N–H and O–H groups in total. The van der Waals surface area contributed by atoms with Gasteiger partial charge >= 0.3 is 0 Å². The Hall–Kier alpha value is -0.960. The van der Waals surface area contributed by atoms with E-state index in [1.54, 1.807) is 12.3 Å². The van der Waals surface area contributed by atoms with E-state index in [0.29, 0.717) is 10.7 Å². The van der Waals surface area contributed by atoms with E-state index in [2.05, 4.69) is 17.2 Å². The lowest BCUT2D eigenvalue weighted by Crippen LogP contribution is -2.06. The standard InChI is InChI=1S/C13H22ClN3/c1-2-3-4-5-6-7-8-16-13-12(15)9-11(14)10-17-13/h9-10H,2-8,15H2,1H3,(H,16,17). The van der Waals surface area contributed by atoms with Crippen LogP contribution in [-0.4, -0.2) is 11.5 Å². The molecule has 0 spiro atoms. The highest BCUT2D eigenvalue weighted by Crippen LogP contribution is 2.19. The van der Waals surface area contributed by atoms with Crippen molar-refractivity contribution < 1.29 is 0 Å². The summed E-state index contributed by atoms with van der Waals surface area (Å²) >= 11 is 5.78. The van der Waals surface area contributed by atoms with E-state index in [0.717, 1.165) is 18.8 Å². The van der Waals surface area contributed by atoms with Gasteiger partial charge in [-0.3, -0.25) is 0 Å². The molecule has 3 nitrogen and oxygen atoms in total. The summed E-state index contributed by atoms with van der Waals surface area (Å²) in [5, 5.41) is 3.81. The molecule has 96 valence electrons. The fourth-order valence-electron chi connectivity index (χ4n) is 1.71. The van der Waals surface area contributed by atoms with Gasteiger partial charge in [0.25, 0.3) is 0 Å². The maximum absolute atomic E-state index is 5.79. The van der Waals surface area contributed by atoms with Crippen LogP contribution in [0.15, 0.2) is 12.3 Å². The molecular formula is C13H22ClN3. The van der Waals surface area contributed by atoms with Crippen LogP contribution in [0.1, 0.15) is 45.4 Å². The average Bonchev–Trinajstić information content (AvgIpc) is 2.30. The number of nitrogen functional groups attached to an aromatic ring is 1. The zero-order valence-electron chi connectivity index (χ0n) is 10.5. The molecule has 1 aromatic heterocycles. The van der Waals surface area contributed by atoms with Gasteiger partial charge < -0.3 is 11.1 Å². The number of hydrogen-bond donors (Lipinski definition) is 2. The first-order valence-electron chi connectivity index (χ1n) is 6.39. The lowest BCUT2D eigenvalue weighted by molar-refractivity contribution is 0.617. The number of rotatable bonds is 8. The highest BCUT2D eigenvalue weighted by atomic mass is 35.5. The van der Waals surface area contributed by atoms with Crippen LogP contribution < -0.4 is 11.1 Å². The van der Waals surface area contributed by atoms with Gasteiger partial charge in [0.2, 0.25) is 0 Å². The van der Waals surface area contributed by atoms with E-state index in [1.807, 2.05) is 0 Å². The second kappa shape index (κ2) is 8.18. The number of nitrogens with two attached hydrogens (primary N) is 1. The van der Waals surface area contributed by atoms with Gasteiger partial charge in [0.15, 0.2) is 0 Å². The summed E-state index contributed by atoms with van der Waals surface area (Å²) in [6, 6.07) is 1.72. The second-order valence-electron chi connectivity index (χ2n) is 4.29. The molecule has 0 amide bonds. The van der Waals surface area contributed by atoms with Crippen molar-refractivity contribution in [1.82, 2.24) is 4.98 Å². The average molecular weight is 256 g/mol. The van der Waals surface area contributed by atoms with Crippen LogP contribution >= 0.6 is 11.6 Å². The summed E-state index contributed by atoms with van der Waals surface area (Å²) in [6.45, 7) is 3.15. The molecule has 0 aromatic carbocycles. The van der Waals surface area contributed by atoms with Gasteiger partial charge in [0.05, 0.1) is 10.7 Å². The highest BCUT2D eigenvalue weighted by molar-refractivity contribution is 6.30. The van der Waals surface area contributed by atoms with Crippen LogP contribution in [0, 0.1) is 0 Å². The number of pyridine rings is 1. The zero-order chi connectivity index (χ0) is 12.5. The fraction of sp³-hybridized carbons (Fsp3) is 0.615. The number of halogens is 1. The summed E-state index contributed by atoms with van der Waals surface area (Å²) in [5.74, 6) is 0.739. The van der Waals surface area contributed by atoms with Gasteiger partial charge in [-0.1, -0.05) is 50.6 Å². The largest absolute Gasteiger partial charge is 0.396 e. The van der Waals surface area contributed by atoms with Gasteiger partial charge in [-0.05, 0) is 12.5 Å². The van der Waals surface area contributed by atoms with Crippen LogP contribution in [0.4, 0.5) is 11.5 Å². The molecule has 0 fully saturated rings. The summed E-state index contributed by atoms with van der Waals surface area (Å²) in [7, 11) is 0. The van der Waals surface area contributed by atoms with Crippen molar-refractivity contribution in [2.24, 2.45) is 0 Å². The SMILES string of the molecule is CCCCCCCCNc1ncc(Cl)cc1N. The van der Waals surface area contributed by atoms with Crippen LogP contribution in [0.2, 0.25) is 5.02 Å². The normalized spacial score (nSPS) is 10.5. The van der Waals surface area contributed by atoms with Gasteiger partial charge in [0.1, 0.15) is 5.82 Å². The number of aromatic nitrogens is 1. The number of anilines is 2. The third-order valence-corrected chi connectivity index (χ3v) is 2.91. The molecule has 0 atom stereocenters. The monoisotopic (exact) mass is 255 g/mol. The van der Waals surface area contributed by atoms with E-state index in [9.17, 15) is 0 Å². The predicted octanol–water partition coefficient (Wildman–Crippen LogP) is 4.09. The van der Waals surface area contributed by atoms with Gasteiger partial charge in [0, 0.05) is 12.7 Å². The van der Waals surface area contributed by atoms with Crippen LogP contribution in [0.5, 0.6) is 0 Å². The molecule has 0 aliphatic heterocycles. The fourth-order valence-corrected chi connectivity index (χ4v) is 1.88. The molecule has 0 unspecified atom stereocenters. The van der Waals surface area contributed by atoms with E-state index in [4.69, 9.17) is 17.3 Å². The van der Waals surface area contributed by atoms with Crippen LogP contribution in [0.3, 0.4) is 0 Å². The Morgan fingerprint density at radius 3 is 2.65 bits per heavy atom. The van der Waals surface area contributed by atoms with Crippen molar-refractivity contribution in [3.63, 3.8) is 0 Å². The maximum Gasteiger partial charge on any atom is 0.149 e. The molecule has 4 heteroatoms. The minimum Gasteiger partial charge on any atom is -0.396 e. The number of nitrogens with one attached hydrogen (secondary N) is 1. The quantitative estimate of drug-likeness (QED) is 0.688. The Bertz CT molecular complexity index is 328. The van der Waals surface area contributed by atoms with Crippen molar-refractivity contribution in [2.45, 2.75) is 45.4 Å². The topological polar surface area (TPSA) is 50.9 Å². The highest BCUT2D eigenvalue weighted by Gasteiger charge is 2.00. The van der Waals surface area contributed by atoms with Crippen molar-refractivity contribution >= 4 is 23.1 Å². The molecular weight excluding hydrogens is 234 g/mol. The van der Waals surface area contributed by atoms with E-state index in [1.165, 1.54) is 32.1 Å². The Morgan fingerprint density at radius 2 is 1.94 bits per heavy atom. The Labute approximate surface area is 109 Å². The zero-order valence-corrected chi connectivity index (χ0v) is 11.3. The van der Waals surface area contributed by atoms with E-state index < -0.39 is 0 Å². The first-order valence-corrected chi connectivity index (χ1v) is 6.76. The minimum atomic E-state index is 0.576.